The summed E-state index contributed by atoms with van der Waals surface area (Å²) in [6, 6.07) is 7.05. The summed E-state index contributed by atoms with van der Waals surface area (Å²) in [6.45, 7) is 4.11. The Hall–Kier alpha value is -2.04. The van der Waals surface area contributed by atoms with Crippen molar-refractivity contribution >= 4 is 17.7 Å². The number of esters is 1. The lowest BCUT2D eigenvalue weighted by atomic mass is 10.1. The average Bonchev–Trinajstić information content (AvgIpc) is 2.32. The summed E-state index contributed by atoms with van der Waals surface area (Å²) in [4.78, 5) is 22.7. The lowest BCUT2D eigenvalue weighted by Gasteiger charge is -2.10. The van der Waals surface area contributed by atoms with Crippen molar-refractivity contribution in [1.29, 1.82) is 0 Å². The van der Waals surface area contributed by atoms with Gasteiger partial charge in [-0.2, -0.15) is 0 Å². The van der Waals surface area contributed by atoms with Gasteiger partial charge in [-0.3, -0.25) is 10.1 Å². The molecule has 0 spiro atoms. The van der Waals surface area contributed by atoms with Crippen LogP contribution >= 0.6 is 0 Å². The number of anilines is 1. The van der Waals surface area contributed by atoms with E-state index in [1.807, 2.05) is 0 Å². The quantitative estimate of drug-likeness (QED) is 0.816. The van der Waals surface area contributed by atoms with E-state index in [1.165, 1.54) is 0 Å². The van der Waals surface area contributed by atoms with E-state index >= 15 is 0 Å². The smallest absolute Gasteiger partial charge is 0.411 e. The molecular weight excluding hydrogens is 234 g/mol. The molecule has 0 fully saturated rings. The van der Waals surface area contributed by atoms with Gasteiger partial charge in [0.1, 0.15) is 0 Å². The Kier molecular flexibility index (Phi) is 5.70. The molecule has 0 radical (unpaired) electrons. The van der Waals surface area contributed by atoms with Crippen molar-refractivity contribution in [2.75, 3.05) is 18.5 Å². The number of hydrogen-bond donors (Lipinski definition) is 1. The van der Waals surface area contributed by atoms with Gasteiger partial charge in [0.25, 0.3) is 0 Å². The third-order valence-corrected chi connectivity index (χ3v) is 2.17. The van der Waals surface area contributed by atoms with E-state index in [0.29, 0.717) is 24.5 Å². The minimum atomic E-state index is -0.534. The van der Waals surface area contributed by atoms with Crippen molar-refractivity contribution in [3.8, 4) is 0 Å². The molecule has 5 nitrogen and oxygen atoms in total. The molecule has 0 aliphatic carbocycles. The van der Waals surface area contributed by atoms with Gasteiger partial charge >= 0.3 is 12.1 Å². The van der Waals surface area contributed by atoms with Crippen LogP contribution in [0.4, 0.5) is 10.5 Å². The molecule has 1 N–H and O–H groups in total. The lowest BCUT2D eigenvalue weighted by Crippen LogP contribution is -2.16. The summed E-state index contributed by atoms with van der Waals surface area (Å²) in [5.74, 6) is -0.324. The second-order valence-electron chi connectivity index (χ2n) is 3.48. The topological polar surface area (TPSA) is 64.6 Å². The predicted octanol–water partition coefficient (Wildman–Crippen LogP) is 2.36. The number of amides is 1. The highest BCUT2D eigenvalue weighted by molar-refractivity contribution is 5.87. The molecule has 1 aromatic rings. The molecule has 1 amide bonds. The zero-order valence-electron chi connectivity index (χ0n) is 10.6. The number of para-hydroxylation sites is 1. The van der Waals surface area contributed by atoms with Crippen LogP contribution in [0.1, 0.15) is 19.4 Å². The third kappa shape index (κ3) is 4.45. The Morgan fingerprint density at radius 1 is 1.11 bits per heavy atom. The van der Waals surface area contributed by atoms with Crippen molar-refractivity contribution < 1.29 is 19.1 Å². The molecule has 0 bridgehead atoms. The van der Waals surface area contributed by atoms with Crippen LogP contribution in [0.25, 0.3) is 0 Å². The number of rotatable bonds is 5. The average molecular weight is 251 g/mol. The van der Waals surface area contributed by atoms with Gasteiger partial charge in [0.15, 0.2) is 0 Å². The first-order valence-corrected chi connectivity index (χ1v) is 5.84. The minimum absolute atomic E-state index is 0.121. The lowest BCUT2D eigenvalue weighted by molar-refractivity contribution is -0.142. The van der Waals surface area contributed by atoms with Crippen molar-refractivity contribution in [1.82, 2.24) is 0 Å². The molecule has 0 unspecified atom stereocenters. The van der Waals surface area contributed by atoms with E-state index in [2.05, 4.69) is 5.32 Å². The van der Waals surface area contributed by atoms with Crippen LogP contribution in [0, 0.1) is 0 Å². The molecule has 1 aromatic carbocycles. The van der Waals surface area contributed by atoms with E-state index < -0.39 is 6.09 Å². The van der Waals surface area contributed by atoms with Crippen molar-refractivity contribution in [3.63, 3.8) is 0 Å². The molecule has 5 heteroatoms. The largest absolute Gasteiger partial charge is 0.466 e. The highest BCUT2D eigenvalue weighted by atomic mass is 16.5. The molecular formula is C13H17NO4. The van der Waals surface area contributed by atoms with Crippen molar-refractivity contribution in [2.45, 2.75) is 20.3 Å². The fourth-order valence-electron chi connectivity index (χ4n) is 1.44. The zero-order valence-corrected chi connectivity index (χ0v) is 10.6. The van der Waals surface area contributed by atoms with E-state index in [1.54, 1.807) is 38.1 Å². The molecule has 0 saturated heterocycles. The number of nitrogens with one attached hydrogen (secondary N) is 1. The molecule has 1 rings (SSSR count). The SMILES string of the molecule is CCOC(=O)Cc1ccccc1NC(=O)OCC. The Morgan fingerprint density at radius 3 is 2.44 bits per heavy atom. The standard InChI is InChI=1S/C13H17NO4/c1-3-17-12(15)9-10-7-5-6-8-11(10)14-13(16)18-4-2/h5-8H,3-4,9H2,1-2H3,(H,14,16). The van der Waals surface area contributed by atoms with Gasteiger partial charge in [-0.05, 0) is 25.5 Å². The van der Waals surface area contributed by atoms with Gasteiger partial charge in [0.2, 0.25) is 0 Å². The van der Waals surface area contributed by atoms with E-state index in [9.17, 15) is 9.59 Å². The minimum Gasteiger partial charge on any atom is -0.466 e. The number of benzene rings is 1. The van der Waals surface area contributed by atoms with Crippen LogP contribution in [0.5, 0.6) is 0 Å². The molecule has 0 aliphatic rings. The first-order chi connectivity index (χ1) is 8.67. The van der Waals surface area contributed by atoms with Gasteiger partial charge in [0.05, 0.1) is 19.6 Å². The summed E-state index contributed by atoms with van der Waals surface area (Å²) >= 11 is 0. The van der Waals surface area contributed by atoms with Crippen LogP contribution in [0.15, 0.2) is 24.3 Å². The second-order valence-corrected chi connectivity index (χ2v) is 3.48. The van der Waals surface area contributed by atoms with Gasteiger partial charge in [0, 0.05) is 5.69 Å². The van der Waals surface area contributed by atoms with E-state index in [4.69, 9.17) is 9.47 Å². The maximum absolute atomic E-state index is 11.4. The normalized spacial score (nSPS) is 9.67. The predicted molar refractivity (Wildman–Crippen MR) is 67.4 cm³/mol. The molecule has 0 heterocycles. The number of ether oxygens (including phenoxy) is 2. The fraction of sp³-hybridized carbons (Fsp3) is 0.385. The van der Waals surface area contributed by atoms with Crippen LogP contribution < -0.4 is 5.32 Å². The highest BCUT2D eigenvalue weighted by Gasteiger charge is 2.10. The molecule has 0 aliphatic heterocycles. The first kappa shape index (κ1) is 14.0. The van der Waals surface area contributed by atoms with Gasteiger partial charge < -0.3 is 9.47 Å². The molecule has 98 valence electrons. The maximum atomic E-state index is 11.4. The molecule has 0 saturated carbocycles. The molecule has 18 heavy (non-hydrogen) atoms. The number of carbonyl (C=O) groups is 2. The zero-order chi connectivity index (χ0) is 13.4. The summed E-state index contributed by atoms with van der Waals surface area (Å²) in [5.41, 5.74) is 1.26. The van der Waals surface area contributed by atoms with Crippen molar-refractivity contribution in [3.05, 3.63) is 29.8 Å². The fourth-order valence-corrected chi connectivity index (χ4v) is 1.44. The maximum Gasteiger partial charge on any atom is 0.411 e. The first-order valence-electron chi connectivity index (χ1n) is 5.84. The van der Waals surface area contributed by atoms with Crippen molar-refractivity contribution in [2.24, 2.45) is 0 Å². The Bertz CT molecular complexity index is 378. The van der Waals surface area contributed by atoms with E-state index in [-0.39, 0.29) is 12.4 Å². The summed E-state index contributed by atoms with van der Waals surface area (Å²) in [5, 5.41) is 2.59. The van der Waals surface area contributed by atoms with Gasteiger partial charge in [-0.15, -0.1) is 0 Å². The number of carbonyl (C=O) groups excluding carboxylic acids is 2. The van der Waals surface area contributed by atoms with Crippen LogP contribution in [0.2, 0.25) is 0 Å². The molecule has 0 atom stereocenters. The van der Waals surface area contributed by atoms with Crippen LogP contribution in [-0.4, -0.2) is 25.3 Å². The van der Waals surface area contributed by atoms with Gasteiger partial charge in [-0.25, -0.2) is 4.79 Å². The Morgan fingerprint density at radius 2 is 1.78 bits per heavy atom. The summed E-state index contributed by atoms with van der Waals surface area (Å²) in [6.07, 6.45) is -0.412. The Labute approximate surface area is 106 Å². The molecule has 0 aromatic heterocycles. The third-order valence-electron chi connectivity index (χ3n) is 2.17. The Balaban J connectivity index is 2.73. The van der Waals surface area contributed by atoms with Crippen LogP contribution in [0.3, 0.4) is 0 Å². The second kappa shape index (κ2) is 7.32. The van der Waals surface area contributed by atoms with E-state index in [0.717, 1.165) is 0 Å². The monoisotopic (exact) mass is 251 g/mol. The summed E-state index contributed by atoms with van der Waals surface area (Å²) in [7, 11) is 0. The highest BCUT2D eigenvalue weighted by Crippen LogP contribution is 2.16. The van der Waals surface area contributed by atoms with Crippen LogP contribution in [-0.2, 0) is 20.7 Å². The number of hydrogen-bond acceptors (Lipinski definition) is 4. The van der Waals surface area contributed by atoms with Gasteiger partial charge in [-0.1, -0.05) is 18.2 Å². The summed E-state index contributed by atoms with van der Waals surface area (Å²) < 4.78 is 9.66.